The van der Waals surface area contributed by atoms with Crippen LogP contribution in [0.4, 0.5) is 33.3 Å². The Morgan fingerprint density at radius 2 is 1.64 bits per heavy atom. The van der Waals surface area contributed by atoms with E-state index in [9.17, 15) is 26.2 Å². The lowest BCUT2D eigenvalue weighted by Crippen LogP contribution is -2.13. The predicted octanol–water partition coefficient (Wildman–Crippen LogP) is 2.93. The largest absolute Gasteiger partial charge is 0.396 e. The van der Waals surface area contributed by atoms with Crippen molar-refractivity contribution in [2.45, 2.75) is 4.90 Å². The van der Waals surface area contributed by atoms with Crippen LogP contribution >= 0.6 is 0 Å². The number of aromatic nitrogens is 2. The summed E-state index contributed by atoms with van der Waals surface area (Å²) >= 11 is 0. The molecule has 1 unspecified atom stereocenters. The molecular formula is C14H9F5N4OS. The van der Waals surface area contributed by atoms with Gasteiger partial charge >= 0.3 is 0 Å². The molecule has 0 spiro atoms. The third kappa shape index (κ3) is 2.42. The minimum Gasteiger partial charge on any atom is -0.396 e. The fourth-order valence-corrected chi connectivity index (χ4v) is 3.48. The molecule has 3 N–H and O–H groups in total. The van der Waals surface area contributed by atoms with Gasteiger partial charge in [-0.15, -0.1) is 0 Å². The molecule has 0 saturated carbocycles. The van der Waals surface area contributed by atoms with Crippen LogP contribution < -0.4 is 11.1 Å². The zero-order valence-electron chi connectivity index (χ0n) is 12.4. The first-order valence-corrected chi connectivity index (χ1v) is 7.77. The molecule has 132 valence electrons. The van der Waals surface area contributed by atoms with E-state index in [-0.39, 0.29) is 11.3 Å². The fraction of sp³-hybridized carbons (Fsp3) is 0.0714. The van der Waals surface area contributed by atoms with Crippen molar-refractivity contribution in [1.29, 1.82) is 0 Å². The van der Waals surface area contributed by atoms with Gasteiger partial charge in [0.05, 0.1) is 17.6 Å². The van der Waals surface area contributed by atoms with Gasteiger partial charge in [0, 0.05) is 18.6 Å². The Labute approximate surface area is 139 Å². The topological polar surface area (TPSA) is 72.9 Å². The molecule has 3 rings (SSSR count). The summed E-state index contributed by atoms with van der Waals surface area (Å²) in [6.45, 7) is 0. The number of nitrogens with two attached hydrogens (primary N) is 1. The lowest BCUT2D eigenvalue weighted by Gasteiger charge is -2.10. The number of halogens is 5. The van der Waals surface area contributed by atoms with E-state index < -0.39 is 45.0 Å². The van der Waals surface area contributed by atoms with Crippen molar-refractivity contribution >= 4 is 33.4 Å². The van der Waals surface area contributed by atoms with Crippen LogP contribution in [0.15, 0.2) is 23.4 Å². The minimum atomic E-state index is -2.77. The van der Waals surface area contributed by atoms with Crippen LogP contribution in [-0.2, 0) is 11.0 Å². The standard InChI is InChI=1S/C14H9F5N4OS/c1-21-12-5-2-3-23(14(5)22-4-6(12)20)25(24)13-10(18)8(16)7(15)9(17)11(13)19/h2-4H,20H2,1H3,(H,21,22). The summed E-state index contributed by atoms with van der Waals surface area (Å²) in [5.41, 5.74) is 6.39. The highest BCUT2D eigenvalue weighted by atomic mass is 32.2. The van der Waals surface area contributed by atoms with Gasteiger partial charge in [0.2, 0.25) is 5.82 Å². The van der Waals surface area contributed by atoms with Crippen LogP contribution in [-0.4, -0.2) is 20.2 Å². The predicted molar refractivity (Wildman–Crippen MR) is 81.7 cm³/mol. The van der Waals surface area contributed by atoms with Crippen molar-refractivity contribution in [1.82, 2.24) is 8.96 Å². The summed E-state index contributed by atoms with van der Waals surface area (Å²) in [4.78, 5) is 2.46. The summed E-state index contributed by atoms with van der Waals surface area (Å²) in [5, 5.41) is 3.14. The second-order valence-corrected chi connectivity index (χ2v) is 6.17. The number of benzene rings is 1. The average molecular weight is 376 g/mol. The van der Waals surface area contributed by atoms with Crippen LogP contribution in [0.25, 0.3) is 11.0 Å². The quantitative estimate of drug-likeness (QED) is 0.419. The van der Waals surface area contributed by atoms with E-state index in [0.29, 0.717) is 11.1 Å². The number of nitrogen functional groups attached to an aromatic ring is 1. The van der Waals surface area contributed by atoms with E-state index in [2.05, 4.69) is 10.3 Å². The molecule has 3 aromatic rings. The average Bonchev–Trinajstić information content (AvgIpc) is 3.02. The van der Waals surface area contributed by atoms with Gasteiger partial charge in [0.15, 0.2) is 39.9 Å². The van der Waals surface area contributed by atoms with Crippen LogP contribution in [0.5, 0.6) is 0 Å². The van der Waals surface area contributed by atoms with Crippen molar-refractivity contribution in [3.8, 4) is 0 Å². The molecule has 1 aromatic carbocycles. The first-order chi connectivity index (χ1) is 11.8. The number of fused-ring (bicyclic) bond motifs is 1. The lowest BCUT2D eigenvalue weighted by atomic mass is 10.2. The zero-order chi connectivity index (χ0) is 18.5. The fourth-order valence-electron chi connectivity index (χ4n) is 2.33. The maximum absolute atomic E-state index is 13.9. The molecule has 0 amide bonds. The Kier molecular flexibility index (Phi) is 4.11. The highest BCUT2D eigenvalue weighted by Gasteiger charge is 2.30. The highest BCUT2D eigenvalue weighted by molar-refractivity contribution is 7.83. The van der Waals surface area contributed by atoms with Crippen molar-refractivity contribution in [3.05, 3.63) is 47.5 Å². The van der Waals surface area contributed by atoms with Gasteiger partial charge in [-0.1, -0.05) is 0 Å². The first kappa shape index (κ1) is 17.1. The molecule has 2 heterocycles. The summed E-state index contributed by atoms with van der Waals surface area (Å²) in [5.74, 6) is -11.0. The maximum atomic E-state index is 13.9. The van der Waals surface area contributed by atoms with Crippen LogP contribution in [0.2, 0.25) is 0 Å². The van der Waals surface area contributed by atoms with Crippen molar-refractivity contribution in [2.75, 3.05) is 18.1 Å². The van der Waals surface area contributed by atoms with Crippen LogP contribution in [0.1, 0.15) is 0 Å². The van der Waals surface area contributed by atoms with Crippen molar-refractivity contribution in [3.63, 3.8) is 0 Å². The molecule has 0 aliphatic heterocycles. The first-order valence-electron chi connectivity index (χ1n) is 6.66. The van der Waals surface area contributed by atoms with Crippen LogP contribution in [0.3, 0.4) is 0 Å². The molecule has 2 aromatic heterocycles. The van der Waals surface area contributed by atoms with Gasteiger partial charge < -0.3 is 11.1 Å². The van der Waals surface area contributed by atoms with Gasteiger partial charge in [-0.2, -0.15) is 0 Å². The normalized spacial score (nSPS) is 12.6. The SMILES string of the molecule is CNc1c(N)cnc2c1ccn2S(=O)c1c(F)c(F)c(F)c(F)c1F. The molecule has 0 fully saturated rings. The molecule has 0 aliphatic carbocycles. The Bertz CT molecular complexity index is 1010. The molecule has 0 aliphatic rings. The number of rotatable bonds is 3. The Morgan fingerprint density at radius 3 is 2.20 bits per heavy atom. The smallest absolute Gasteiger partial charge is 0.200 e. The zero-order valence-corrected chi connectivity index (χ0v) is 13.2. The lowest BCUT2D eigenvalue weighted by molar-refractivity contribution is 0.359. The second kappa shape index (κ2) is 5.99. The summed E-state index contributed by atoms with van der Waals surface area (Å²) in [6, 6.07) is 1.40. The number of hydrogen-bond donors (Lipinski definition) is 2. The summed E-state index contributed by atoms with van der Waals surface area (Å²) < 4.78 is 80.9. The van der Waals surface area contributed by atoms with Gasteiger partial charge in [-0.05, 0) is 6.07 Å². The Morgan fingerprint density at radius 1 is 1.08 bits per heavy atom. The molecular weight excluding hydrogens is 367 g/mol. The molecule has 0 bridgehead atoms. The minimum absolute atomic E-state index is 0.0131. The number of anilines is 2. The third-order valence-corrected chi connectivity index (χ3v) is 4.84. The van der Waals surface area contributed by atoms with E-state index in [0.717, 1.165) is 10.2 Å². The molecule has 5 nitrogen and oxygen atoms in total. The van der Waals surface area contributed by atoms with E-state index in [4.69, 9.17) is 5.73 Å². The van der Waals surface area contributed by atoms with Gasteiger partial charge in [-0.25, -0.2) is 35.1 Å². The van der Waals surface area contributed by atoms with Gasteiger partial charge in [0.25, 0.3) is 0 Å². The highest BCUT2D eigenvalue weighted by Crippen LogP contribution is 2.31. The number of hydrogen-bond acceptors (Lipinski definition) is 4. The molecule has 25 heavy (non-hydrogen) atoms. The number of pyridine rings is 1. The van der Waals surface area contributed by atoms with Gasteiger partial charge in [-0.3, -0.25) is 0 Å². The van der Waals surface area contributed by atoms with Crippen molar-refractivity contribution < 1.29 is 26.2 Å². The van der Waals surface area contributed by atoms with E-state index >= 15 is 0 Å². The summed E-state index contributed by atoms with van der Waals surface area (Å²) in [6.07, 6.45) is 2.35. The Balaban J connectivity index is 2.26. The molecule has 1 atom stereocenters. The van der Waals surface area contributed by atoms with E-state index in [1.807, 2.05) is 0 Å². The monoisotopic (exact) mass is 376 g/mol. The molecule has 11 heteroatoms. The second-order valence-electron chi connectivity index (χ2n) is 4.87. The third-order valence-electron chi connectivity index (χ3n) is 3.48. The number of nitrogens with one attached hydrogen (secondary N) is 1. The van der Waals surface area contributed by atoms with E-state index in [1.165, 1.54) is 12.3 Å². The van der Waals surface area contributed by atoms with Crippen LogP contribution in [0, 0.1) is 29.1 Å². The maximum Gasteiger partial charge on any atom is 0.200 e. The van der Waals surface area contributed by atoms with Crippen molar-refractivity contribution in [2.24, 2.45) is 0 Å². The molecule has 0 saturated heterocycles. The Hall–Kier alpha value is -2.69. The molecule has 0 radical (unpaired) electrons. The van der Waals surface area contributed by atoms with E-state index in [1.54, 1.807) is 7.05 Å². The number of nitrogens with zero attached hydrogens (tertiary/aromatic N) is 2. The van der Waals surface area contributed by atoms with Gasteiger partial charge in [0.1, 0.15) is 4.90 Å². The summed E-state index contributed by atoms with van der Waals surface area (Å²) in [7, 11) is -1.21.